The van der Waals surface area contributed by atoms with Crippen molar-refractivity contribution >= 4 is 5.82 Å². The van der Waals surface area contributed by atoms with Crippen molar-refractivity contribution in [3.8, 4) is 0 Å². The van der Waals surface area contributed by atoms with Crippen LogP contribution in [0.5, 0.6) is 0 Å². The Morgan fingerprint density at radius 1 is 1.12 bits per heavy atom. The maximum absolute atomic E-state index is 5.88. The minimum atomic E-state index is 0.617. The van der Waals surface area contributed by atoms with E-state index in [4.69, 9.17) is 10.7 Å². The van der Waals surface area contributed by atoms with E-state index in [0.717, 1.165) is 19.5 Å². The Bertz CT molecular complexity index is 408. The predicted octanol–water partition coefficient (Wildman–Crippen LogP) is 2.02. The zero-order chi connectivity index (χ0) is 11.7. The van der Waals surface area contributed by atoms with Crippen molar-refractivity contribution in [1.29, 1.82) is 0 Å². The van der Waals surface area contributed by atoms with Crippen LogP contribution in [0.1, 0.15) is 42.5 Å². The quantitative estimate of drug-likeness (QED) is 0.846. The molecule has 3 rings (SSSR count). The second-order valence-electron chi connectivity index (χ2n) is 5.18. The minimum Gasteiger partial charge on any atom is -0.356 e. The van der Waals surface area contributed by atoms with Gasteiger partial charge in [-0.25, -0.2) is 4.98 Å². The molecule has 2 aliphatic rings. The summed E-state index contributed by atoms with van der Waals surface area (Å²) in [6, 6.07) is 2.31. The van der Waals surface area contributed by atoms with Gasteiger partial charge in [-0.3, -0.25) is 0 Å². The fourth-order valence-corrected chi connectivity index (χ4v) is 3.02. The third-order valence-electron chi connectivity index (χ3n) is 3.98. The number of nitrogens with zero attached hydrogens (tertiary/aromatic N) is 2. The van der Waals surface area contributed by atoms with E-state index in [1.165, 1.54) is 54.7 Å². The highest BCUT2D eigenvalue weighted by molar-refractivity contribution is 5.51. The lowest BCUT2D eigenvalue weighted by atomic mass is 9.94. The second kappa shape index (κ2) is 4.65. The lowest BCUT2D eigenvalue weighted by Crippen LogP contribution is -2.23. The van der Waals surface area contributed by atoms with Crippen LogP contribution < -0.4 is 10.6 Å². The van der Waals surface area contributed by atoms with Crippen LogP contribution in [0.3, 0.4) is 0 Å². The molecule has 1 fully saturated rings. The van der Waals surface area contributed by atoms with Gasteiger partial charge >= 0.3 is 0 Å². The fraction of sp³-hybridized carbons (Fsp3) is 0.643. The van der Waals surface area contributed by atoms with Crippen molar-refractivity contribution in [1.82, 2.24) is 4.98 Å². The average Bonchev–Trinajstić information content (AvgIpc) is 2.91. The molecular formula is C14H21N3. The van der Waals surface area contributed by atoms with Gasteiger partial charge in [0.15, 0.2) is 0 Å². The zero-order valence-corrected chi connectivity index (χ0v) is 10.4. The SMILES string of the molecule is NCc1cc2c(nc1N1CCCC1)CCCC2. The van der Waals surface area contributed by atoms with Crippen LogP contribution >= 0.6 is 0 Å². The summed E-state index contributed by atoms with van der Waals surface area (Å²) in [7, 11) is 0. The van der Waals surface area contributed by atoms with Crippen molar-refractivity contribution < 1.29 is 0 Å². The molecule has 1 aliphatic carbocycles. The van der Waals surface area contributed by atoms with Crippen molar-refractivity contribution in [2.75, 3.05) is 18.0 Å². The third kappa shape index (κ3) is 2.04. The standard InChI is InChI=1S/C14H21N3/c15-10-12-9-11-5-1-2-6-13(11)16-14(12)17-7-3-4-8-17/h9H,1-8,10,15H2. The molecule has 0 aromatic carbocycles. The summed E-state index contributed by atoms with van der Waals surface area (Å²) in [6.45, 7) is 2.92. The van der Waals surface area contributed by atoms with E-state index in [2.05, 4.69) is 11.0 Å². The number of rotatable bonds is 2. The highest BCUT2D eigenvalue weighted by Crippen LogP contribution is 2.28. The first-order valence-corrected chi connectivity index (χ1v) is 6.85. The van der Waals surface area contributed by atoms with Crippen LogP contribution in [-0.4, -0.2) is 18.1 Å². The van der Waals surface area contributed by atoms with E-state index in [9.17, 15) is 0 Å². The first kappa shape index (κ1) is 11.0. The monoisotopic (exact) mass is 231 g/mol. The van der Waals surface area contributed by atoms with E-state index in [1.54, 1.807) is 0 Å². The number of aryl methyl sites for hydroxylation is 2. The normalized spacial score (nSPS) is 19.5. The second-order valence-corrected chi connectivity index (χ2v) is 5.18. The number of pyridine rings is 1. The largest absolute Gasteiger partial charge is 0.356 e. The van der Waals surface area contributed by atoms with E-state index >= 15 is 0 Å². The van der Waals surface area contributed by atoms with Gasteiger partial charge in [-0.1, -0.05) is 0 Å². The number of anilines is 1. The predicted molar refractivity (Wildman–Crippen MR) is 70.2 cm³/mol. The summed E-state index contributed by atoms with van der Waals surface area (Å²) in [5.74, 6) is 1.17. The summed E-state index contributed by atoms with van der Waals surface area (Å²) in [5, 5.41) is 0. The molecule has 1 saturated heterocycles. The molecule has 17 heavy (non-hydrogen) atoms. The molecule has 0 bridgehead atoms. The maximum atomic E-state index is 5.88. The number of fused-ring (bicyclic) bond motifs is 1. The van der Waals surface area contributed by atoms with Crippen LogP contribution in [0.15, 0.2) is 6.07 Å². The van der Waals surface area contributed by atoms with Crippen LogP contribution in [-0.2, 0) is 19.4 Å². The molecule has 0 saturated carbocycles. The van der Waals surface area contributed by atoms with Crippen LogP contribution in [0.2, 0.25) is 0 Å². The Morgan fingerprint density at radius 3 is 2.65 bits per heavy atom. The van der Waals surface area contributed by atoms with Gasteiger partial charge in [0.1, 0.15) is 5.82 Å². The molecule has 0 radical (unpaired) electrons. The maximum Gasteiger partial charge on any atom is 0.133 e. The molecule has 1 aromatic heterocycles. The summed E-state index contributed by atoms with van der Waals surface area (Å²) in [6.07, 6.45) is 7.53. The number of nitrogens with two attached hydrogens (primary N) is 1. The molecule has 92 valence electrons. The van der Waals surface area contributed by atoms with Gasteiger partial charge in [-0.2, -0.15) is 0 Å². The molecule has 0 unspecified atom stereocenters. The molecule has 1 aliphatic heterocycles. The minimum absolute atomic E-state index is 0.617. The van der Waals surface area contributed by atoms with E-state index in [0.29, 0.717) is 6.54 Å². The Kier molecular flexibility index (Phi) is 3.02. The van der Waals surface area contributed by atoms with Crippen molar-refractivity contribution in [2.45, 2.75) is 45.1 Å². The summed E-state index contributed by atoms with van der Waals surface area (Å²) in [5.41, 5.74) is 9.90. The Hall–Kier alpha value is -1.09. The summed E-state index contributed by atoms with van der Waals surface area (Å²) < 4.78 is 0. The Morgan fingerprint density at radius 2 is 1.88 bits per heavy atom. The lowest BCUT2D eigenvalue weighted by molar-refractivity contribution is 0.663. The molecule has 0 spiro atoms. The van der Waals surface area contributed by atoms with Crippen LogP contribution in [0.4, 0.5) is 5.82 Å². The van der Waals surface area contributed by atoms with Gasteiger partial charge in [0.2, 0.25) is 0 Å². The highest BCUT2D eigenvalue weighted by Gasteiger charge is 2.20. The van der Waals surface area contributed by atoms with Gasteiger partial charge < -0.3 is 10.6 Å². The molecule has 2 heterocycles. The first-order valence-electron chi connectivity index (χ1n) is 6.85. The zero-order valence-electron chi connectivity index (χ0n) is 10.4. The molecule has 3 heteroatoms. The smallest absolute Gasteiger partial charge is 0.133 e. The molecular weight excluding hydrogens is 210 g/mol. The number of hydrogen-bond donors (Lipinski definition) is 1. The average molecular weight is 231 g/mol. The highest BCUT2D eigenvalue weighted by atomic mass is 15.2. The molecule has 1 aromatic rings. The van der Waals surface area contributed by atoms with E-state index in [1.807, 2.05) is 0 Å². The van der Waals surface area contributed by atoms with E-state index < -0.39 is 0 Å². The van der Waals surface area contributed by atoms with Crippen molar-refractivity contribution in [3.05, 3.63) is 22.9 Å². The van der Waals surface area contributed by atoms with Gasteiger partial charge in [0.25, 0.3) is 0 Å². The van der Waals surface area contributed by atoms with Gasteiger partial charge in [-0.15, -0.1) is 0 Å². The molecule has 0 atom stereocenters. The molecule has 3 nitrogen and oxygen atoms in total. The fourth-order valence-electron chi connectivity index (χ4n) is 3.02. The van der Waals surface area contributed by atoms with Gasteiger partial charge in [0, 0.05) is 30.9 Å². The van der Waals surface area contributed by atoms with Crippen LogP contribution in [0.25, 0.3) is 0 Å². The van der Waals surface area contributed by atoms with Gasteiger partial charge in [0.05, 0.1) is 0 Å². The Balaban J connectivity index is 2.00. The van der Waals surface area contributed by atoms with Crippen molar-refractivity contribution in [3.63, 3.8) is 0 Å². The topological polar surface area (TPSA) is 42.1 Å². The molecule has 0 amide bonds. The molecule has 2 N–H and O–H groups in total. The van der Waals surface area contributed by atoms with Gasteiger partial charge in [-0.05, 0) is 50.2 Å². The first-order chi connectivity index (χ1) is 8.38. The van der Waals surface area contributed by atoms with Crippen LogP contribution in [0, 0.1) is 0 Å². The lowest BCUT2D eigenvalue weighted by Gasteiger charge is -2.24. The number of aromatic nitrogens is 1. The van der Waals surface area contributed by atoms with E-state index in [-0.39, 0.29) is 0 Å². The third-order valence-corrected chi connectivity index (χ3v) is 3.98. The summed E-state index contributed by atoms with van der Waals surface area (Å²) in [4.78, 5) is 7.33. The van der Waals surface area contributed by atoms with Crippen molar-refractivity contribution in [2.24, 2.45) is 5.73 Å². The summed E-state index contributed by atoms with van der Waals surface area (Å²) >= 11 is 0. The Labute approximate surface area is 103 Å². The number of hydrogen-bond acceptors (Lipinski definition) is 3.